The lowest BCUT2D eigenvalue weighted by Crippen LogP contribution is -2.41. The van der Waals surface area contributed by atoms with Crippen LogP contribution in [0.1, 0.15) is 18.4 Å². The normalized spacial score (nSPS) is 25.3. The molecule has 1 aromatic carbocycles. The number of benzene rings is 1. The van der Waals surface area contributed by atoms with Gasteiger partial charge in [0.1, 0.15) is 12.4 Å². The predicted molar refractivity (Wildman–Crippen MR) is 86.4 cm³/mol. The molecule has 0 spiro atoms. The second-order valence-electron chi connectivity index (χ2n) is 5.96. The van der Waals surface area contributed by atoms with E-state index < -0.39 is 0 Å². The lowest BCUT2D eigenvalue weighted by Gasteiger charge is -2.29. The lowest BCUT2D eigenvalue weighted by atomic mass is 9.95. The molecule has 0 saturated carbocycles. The average Bonchev–Trinajstić information content (AvgIpc) is 2.91. The maximum atomic E-state index is 11.8. The number of hydrogen-bond donors (Lipinski definition) is 0. The summed E-state index contributed by atoms with van der Waals surface area (Å²) in [6, 6.07) is 8.00. The van der Waals surface area contributed by atoms with Crippen LogP contribution in [0.5, 0.6) is 5.75 Å². The fourth-order valence-corrected chi connectivity index (χ4v) is 3.10. The molecule has 2 atom stereocenters. The fourth-order valence-electron chi connectivity index (χ4n) is 3.10. The summed E-state index contributed by atoms with van der Waals surface area (Å²) in [6.07, 6.45) is 5.95. The molecular formula is C18H23NO4. The Kier molecular flexibility index (Phi) is 5.18. The van der Waals surface area contributed by atoms with Crippen molar-refractivity contribution < 1.29 is 19.0 Å². The number of nitrogens with zero attached hydrogens (tertiary/aromatic N) is 1. The number of rotatable bonds is 5. The van der Waals surface area contributed by atoms with Gasteiger partial charge in [0.05, 0.1) is 26.4 Å². The number of ether oxygens (including phenoxy) is 3. The Morgan fingerprint density at radius 1 is 1.26 bits per heavy atom. The summed E-state index contributed by atoms with van der Waals surface area (Å²) in [4.78, 5) is 13.7. The average molecular weight is 317 g/mol. The van der Waals surface area contributed by atoms with Crippen molar-refractivity contribution in [3.8, 4) is 5.75 Å². The molecule has 0 aliphatic carbocycles. The molecule has 5 heteroatoms. The fraction of sp³-hybridized carbons (Fsp3) is 0.500. The molecule has 0 bridgehead atoms. The molecule has 124 valence electrons. The summed E-state index contributed by atoms with van der Waals surface area (Å²) in [6.45, 7) is 2.39. The minimum Gasteiger partial charge on any atom is -0.497 e. The van der Waals surface area contributed by atoms with Gasteiger partial charge in [-0.1, -0.05) is 24.3 Å². The van der Waals surface area contributed by atoms with Crippen LogP contribution >= 0.6 is 0 Å². The van der Waals surface area contributed by atoms with Gasteiger partial charge in [-0.3, -0.25) is 0 Å². The van der Waals surface area contributed by atoms with Gasteiger partial charge in [0.2, 0.25) is 0 Å². The molecule has 2 heterocycles. The Morgan fingerprint density at radius 3 is 2.87 bits per heavy atom. The zero-order valence-corrected chi connectivity index (χ0v) is 13.4. The van der Waals surface area contributed by atoms with Crippen molar-refractivity contribution in [2.24, 2.45) is 5.92 Å². The predicted octanol–water partition coefficient (Wildman–Crippen LogP) is 3.00. The molecule has 1 aromatic rings. The van der Waals surface area contributed by atoms with Gasteiger partial charge in [0, 0.05) is 12.5 Å². The molecule has 1 saturated heterocycles. The van der Waals surface area contributed by atoms with Crippen LogP contribution < -0.4 is 4.74 Å². The molecule has 0 aromatic heterocycles. The van der Waals surface area contributed by atoms with Gasteiger partial charge >= 0.3 is 6.09 Å². The molecular weight excluding hydrogens is 294 g/mol. The van der Waals surface area contributed by atoms with Gasteiger partial charge in [-0.15, -0.1) is 0 Å². The molecule has 23 heavy (non-hydrogen) atoms. The first-order valence-electron chi connectivity index (χ1n) is 8.07. The van der Waals surface area contributed by atoms with E-state index in [2.05, 4.69) is 12.2 Å². The maximum Gasteiger partial charge on any atom is 0.410 e. The van der Waals surface area contributed by atoms with E-state index >= 15 is 0 Å². The third-order valence-corrected chi connectivity index (χ3v) is 4.46. The van der Waals surface area contributed by atoms with Crippen molar-refractivity contribution in [2.45, 2.75) is 25.5 Å². The van der Waals surface area contributed by atoms with E-state index in [1.54, 1.807) is 7.11 Å². The minimum atomic E-state index is -0.189. The van der Waals surface area contributed by atoms with Crippen LogP contribution in [0.3, 0.4) is 0 Å². The summed E-state index contributed by atoms with van der Waals surface area (Å²) in [7, 11) is 1.66. The highest BCUT2D eigenvalue weighted by Crippen LogP contribution is 2.25. The SMILES string of the molecule is COc1ccc(COC[C@@H]2C/C=C\CCN3C(=O)OC[C@H]23)cc1. The third kappa shape index (κ3) is 3.85. The highest BCUT2D eigenvalue weighted by atomic mass is 16.6. The quantitative estimate of drug-likeness (QED) is 0.783. The van der Waals surface area contributed by atoms with E-state index in [0.29, 0.717) is 19.8 Å². The monoisotopic (exact) mass is 317 g/mol. The molecule has 1 fully saturated rings. The highest BCUT2D eigenvalue weighted by molar-refractivity contribution is 5.70. The van der Waals surface area contributed by atoms with E-state index in [9.17, 15) is 4.79 Å². The Hall–Kier alpha value is -2.01. The van der Waals surface area contributed by atoms with Crippen molar-refractivity contribution in [2.75, 3.05) is 26.9 Å². The summed E-state index contributed by atoms with van der Waals surface area (Å²) in [5.74, 6) is 1.12. The topological polar surface area (TPSA) is 48.0 Å². The zero-order chi connectivity index (χ0) is 16.1. The number of cyclic esters (lactones) is 1. The first-order valence-corrected chi connectivity index (χ1v) is 8.07. The number of carbonyl (C=O) groups is 1. The Morgan fingerprint density at radius 2 is 2.09 bits per heavy atom. The molecule has 0 unspecified atom stereocenters. The molecule has 5 nitrogen and oxygen atoms in total. The Bertz CT molecular complexity index is 555. The van der Waals surface area contributed by atoms with Crippen LogP contribution in [0, 0.1) is 5.92 Å². The molecule has 0 radical (unpaired) electrons. The second-order valence-corrected chi connectivity index (χ2v) is 5.96. The van der Waals surface area contributed by atoms with Gasteiger partial charge in [-0.05, 0) is 30.5 Å². The van der Waals surface area contributed by atoms with Crippen LogP contribution in [0.25, 0.3) is 0 Å². The number of amides is 1. The minimum absolute atomic E-state index is 0.128. The Balaban J connectivity index is 1.55. The molecule has 2 aliphatic rings. The zero-order valence-electron chi connectivity index (χ0n) is 13.4. The number of allylic oxidation sites excluding steroid dienone is 1. The van der Waals surface area contributed by atoms with E-state index in [4.69, 9.17) is 14.2 Å². The first-order chi connectivity index (χ1) is 11.3. The summed E-state index contributed by atoms with van der Waals surface area (Å²) in [5.41, 5.74) is 1.11. The van der Waals surface area contributed by atoms with Crippen molar-refractivity contribution in [3.05, 3.63) is 42.0 Å². The van der Waals surface area contributed by atoms with E-state index in [1.807, 2.05) is 29.2 Å². The standard InChI is InChI=1S/C18H23NO4/c1-21-16-8-6-14(7-9-16)11-22-12-15-5-3-2-4-10-19-17(15)13-23-18(19)20/h2-3,6-9,15,17H,4-5,10-13H2,1H3/b3-2-/t15-,17+/m0/s1. The number of fused-ring (bicyclic) bond motifs is 1. The van der Waals surface area contributed by atoms with Crippen LogP contribution in [-0.2, 0) is 16.1 Å². The summed E-state index contributed by atoms with van der Waals surface area (Å²) >= 11 is 0. The smallest absolute Gasteiger partial charge is 0.410 e. The highest BCUT2D eigenvalue weighted by Gasteiger charge is 2.38. The lowest BCUT2D eigenvalue weighted by molar-refractivity contribution is 0.0587. The van der Waals surface area contributed by atoms with Crippen molar-refractivity contribution in [3.63, 3.8) is 0 Å². The van der Waals surface area contributed by atoms with E-state index in [1.165, 1.54) is 0 Å². The van der Waals surface area contributed by atoms with Gasteiger partial charge in [0.15, 0.2) is 0 Å². The van der Waals surface area contributed by atoms with Gasteiger partial charge < -0.3 is 19.1 Å². The van der Waals surface area contributed by atoms with Crippen LogP contribution in [0.4, 0.5) is 4.79 Å². The van der Waals surface area contributed by atoms with Gasteiger partial charge in [-0.25, -0.2) is 4.79 Å². The third-order valence-electron chi connectivity index (χ3n) is 4.46. The number of methoxy groups -OCH3 is 1. The van der Waals surface area contributed by atoms with E-state index in [-0.39, 0.29) is 18.1 Å². The van der Waals surface area contributed by atoms with Crippen molar-refractivity contribution in [1.82, 2.24) is 4.90 Å². The van der Waals surface area contributed by atoms with Gasteiger partial charge in [0.25, 0.3) is 0 Å². The molecule has 1 amide bonds. The Labute approximate surface area is 136 Å². The van der Waals surface area contributed by atoms with Gasteiger partial charge in [-0.2, -0.15) is 0 Å². The molecule has 2 aliphatic heterocycles. The molecule has 3 rings (SSSR count). The van der Waals surface area contributed by atoms with Crippen LogP contribution in [-0.4, -0.2) is 43.9 Å². The second kappa shape index (κ2) is 7.51. The summed E-state index contributed by atoms with van der Waals surface area (Å²) in [5, 5.41) is 0. The largest absolute Gasteiger partial charge is 0.497 e. The van der Waals surface area contributed by atoms with Crippen LogP contribution in [0.2, 0.25) is 0 Å². The number of carbonyl (C=O) groups excluding carboxylic acids is 1. The van der Waals surface area contributed by atoms with Crippen LogP contribution in [0.15, 0.2) is 36.4 Å². The van der Waals surface area contributed by atoms with E-state index in [0.717, 1.165) is 30.7 Å². The maximum absolute atomic E-state index is 11.8. The van der Waals surface area contributed by atoms with Crippen molar-refractivity contribution in [1.29, 1.82) is 0 Å². The van der Waals surface area contributed by atoms with Crippen molar-refractivity contribution >= 4 is 6.09 Å². The summed E-state index contributed by atoms with van der Waals surface area (Å²) < 4.78 is 16.3. The number of hydrogen-bond acceptors (Lipinski definition) is 4. The first kappa shape index (κ1) is 15.9. The molecule has 0 N–H and O–H groups in total.